The Balaban J connectivity index is 2.67. The molecule has 1 aromatic heterocycles. The van der Waals surface area contributed by atoms with Crippen molar-refractivity contribution in [2.45, 2.75) is 23.5 Å². The number of hydrogen-bond acceptors (Lipinski definition) is 5. The summed E-state index contributed by atoms with van der Waals surface area (Å²) in [6.45, 7) is 2.03. The van der Waals surface area contributed by atoms with Gasteiger partial charge in [-0.3, -0.25) is 9.19 Å². The number of anilines is 1. The maximum atomic E-state index is 11.9. The predicted molar refractivity (Wildman–Crippen MR) is 72.0 cm³/mol. The van der Waals surface area contributed by atoms with Crippen LogP contribution in [0.3, 0.4) is 0 Å². The molecule has 0 aliphatic carbocycles. The lowest BCUT2D eigenvalue weighted by atomic mass is 10.3. The van der Waals surface area contributed by atoms with Gasteiger partial charge in [0.05, 0.1) is 5.69 Å². The van der Waals surface area contributed by atoms with Gasteiger partial charge in [0.1, 0.15) is 4.90 Å². The first-order valence-corrected chi connectivity index (χ1v) is 8.46. The predicted octanol–water partition coefficient (Wildman–Crippen LogP) is 0.0992. The van der Waals surface area contributed by atoms with E-state index in [9.17, 15) is 12.6 Å². The van der Waals surface area contributed by atoms with Crippen molar-refractivity contribution >= 4 is 26.5 Å². The summed E-state index contributed by atoms with van der Waals surface area (Å²) in [6, 6.07) is 1.43. The molecule has 2 unspecified atom stereocenters. The van der Waals surface area contributed by atoms with Gasteiger partial charge in [-0.25, -0.2) is 13.1 Å². The fourth-order valence-electron chi connectivity index (χ4n) is 1.26. The topological polar surface area (TPSA) is 102 Å². The minimum Gasteiger partial charge on any atom is -0.398 e. The van der Waals surface area contributed by atoms with Crippen LogP contribution in [0.1, 0.15) is 13.3 Å². The summed E-state index contributed by atoms with van der Waals surface area (Å²) < 4.78 is 37.3. The van der Waals surface area contributed by atoms with Crippen molar-refractivity contribution in [2.24, 2.45) is 0 Å². The Labute approximate surface area is 110 Å². The Hall–Kier alpha value is -0.990. The van der Waals surface area contributed by atoms with Crippen molar-refractivity contribution in [1.82, 2.24) is 9.71 Å². The highest BCUT2D eigenvalue weighted by Gasteiger charge is 2.17. The van der Waals surface area contributed by atoms with Crippen LogP contribution in [-0.2, 0) is 20.8 Å². The Morgan fingerprint density at radius 1 is 1.56 bits per heavy atom. The molecule has 0 aromatic carbocycles. The lowest BCUT2D eigenvalue weighted by Crippen LogP contribution is -2.28. The second-order valence-electron chi connectivity index (χ2n) is 3.91. The molecule has 6 nitrogen and oxygen atoms in total. The van der Waals surface area contributed by atoms with Gasteiger partial charge in [-0.2, -0.15) is 0 Å². The molecule has 0 fully saturated rings. The van der Waals surface area contributed by atoms with Crippen LogP contribution in [0.2, 0.25) is 0 Å². The molecular weight excluding hydrogens is 274 g/mol. The van der Waals surface area contributed by atoms with E-state index in [1.165, 1.54) is 18.5 Å². The van der Waals surface area contributed by atoms with E-state index in [1.54, 1.807) is 6.26 Å². The number of nitrogens with one attached hydrogen (secondary N) is 1. The summed E-state index contributed by atoms with van der Waals surface area (Å²) in [7, 11) is -4.61. The smallest absolute Gasteiger partial charge is 0.244 e. The minimum absolute atomic E-state index is 0.0322. The van der Waals surface area contributed by atoms with Crippen LogP contribution in [0, 0.1) is 0 Å². The zero-order valence-corrected chi connectivity index (χ0v) is 11.9. The third kappa shape index (κ3) is 4.04. The van der Waals surface area contributed by atoms with Gasteiger partial charge in [-0.05, 0) is 12.5 Å². The molecule has 1 rings (SSSR count). The van der Waals surface area contributed by atoms with Crippen LogP contribution in [0.15, 0.2) is 23.4 Å². The number of nitrogen functional groups attached to an aromatic ring is 1. The van der Waals surface area contributed by atoms with Gasteiger partial charge in [0.25, 0.3) is 0 Å². The molecule has 1 heterocycles. The third-order valence-corrected chi connectivity index (χ3v) is 5.39. The molecular formula is C10H17N3O3S2. The highest BCUT2D eigenvalue weighted by molar-refractivity contribution is 7.89. The lowest BCUT2D eigenvalue weighted by Gasteiger charge is -2.10. The molecule has 0 saturated carbocycles. The Morgan fingerprint density at radius 3 is 2.78 bits per heavy atom. The molecule has 0 amide bonds. The Bertz CT molecular complexity index is 531. The molecule has 2 atom stereocenters. The monoisotopic (exact) mass is 291 g/mol. The first-order chi connectivity index (χ1) is 8.34. The van der Waals surface area contributed by atoms with Gasteiger partial charge < -0.3 is 5.73 Å². The molecule has 8 heteroatoms. The molecule has 0 aliphatic rings. The maximum Gasteiger partial charge on any atom is 0.244 e. The van der Waals surface area contributed by atoms with Crippen LogP contribution in [0.5, 0.6) is 0 Å². The summed E-state index contributed by atoms with van der Waals surface area (Å²) in [4.78, 5) is 3.70. The van der Waals surface area contributed by atoms with Crippen LogP contribution >= 0.6 is 0 Å². The molecule has 0 bridgehead atoms. The van der Waals surface area contributed by atoms with Gasteiger partial charge in [0.2, 0.25) is 10.0 Å². The van der Waals surface area contributed by atoms with E-state index in [-0.39, 0.29) is 22.4 Å². The van der Waals surface area contributed by atoms with E-state index in [0.29, 0.717) is 6.42 Å². The first kappa shape index (κ1) is 15.1. The van der Waals surface area contributed by atoms with E-state index < -0.39 is 20.8 Å². The van der Waals surface area contributed by atoms with E-state index in [1.807, 2.05) is 6.92 Å². The SMILES string of the molecule is CC(CCNS(=O)(=O)c1cnccc1N)S(C)=O. The largest absolute Gasteiger partial charge is 0.398 e. The van der Waals surface area contributed by atoms with E-state index >= 15 is 0 Å². The number of hydrogen-bond donors (Lipinski definition) is 2. The second-order valence-corrected chi connectivity index (χ2v) is 7.45. The zero-order chi connectivity index (χ0) is 13.8. The van der Waals surface area contributed by atoms with E-state index in [0.717, 1.165) is 0 Å². The van der Waals surface area contributed by atoms with Gasteiger partial charge in [-0.15, -0.1) is 0 Å². The molecule has 18 heavy (non-hydrogen) atoms. The van der Waals surface area contributed by atoms with Gasteiger partial charge in [0.15, 0.2) is 0 Å². The number of nitrogens with two attached hydrogens (primary N) is 1. The number of aromatic nitrogens is 1. The summed E-state index contributed by atoms with van der Waals surface area (Å²) in [5, 5.41) is -0.0565. The van der Waals surface area contributed by atoms with Crippen LogP contribution in [0.4, 0.5) is 5.69 Å². The number of sulfonamides is 1. The first-order valence-electron chi connectivity index (χ1n) is 5.36. The summed E-state index contributed by atoms with van der Waals surface area (Å²) in [5.41, 5.74) is 5.74. The van der Waals surface area contributed by atoms with Crippen molar-refractivity contribution in [1.29, 1.82) is 0 Å². The van der Waals surface area contributed by atoms with Gasteiger partial charge in [-0.1, -0.05) is 6.92 Å². The summed E-state index contributed by atoms with van der Waals surface area (Å²) in [5.74, 6) is 0. The van der Waals surface area contributed by atoms with Crippen molar-refractivity contribution in [3.8, 4) is 0 Å². The maximum absolute atomic E-state index is 11.9. The highest BCUT2D eigenvalue weighted by Crippen LogP contribution is 2.15. The average molecular weight is 291 g/mol. The lowest BCUT2D eigenvalue weighted by molar-refractivity contribution is 0.578. The van der Waals surface area contributed by atoms with Crippen molar-refractivity contribution in [3.63, 3.8) is 0 Å². The van der Waals surface area contributed by atoms with Crippen molar-refractivity contribution in [2.75, 3.05) is 18.5 Å². The molecule has 0 saturated heterocycles. The van der Waals surface area contributed by atoms with Crippen LogP contribution in [-0.4, -0.2) is 35.7 Å². The quantitative estimate of drug-likeness (QED) is 0.774. The number of pyridine rings is 1. The fraction of sp³-hybridized carbons (Fsp3) is 0.500. The van der Waals surface area contributed by atoms with Crippen molar-refractivity contribution in [3.05, 3.63) is 18.5 Å². The minimum atomic E-state index is -3.65. The highest BCUT2D eigenvalue weighted by atomic mass is 32.2. The van der Waals surface area contributed by atoms with E-state index in [4.69, 9.17) is 5.73 Å². The third-order valence-electron chi connectivity index (χ3n) is 2.52. The second kappa shape index (κ2) is 6.26. The molecule has 3 N–H and O–H groups in total. The van der Waals surface area contributed by atoms with E-state index in [2.05, 4.69) is 9.71 Å². The number of rotatable bonds is 6. The fourth-order valence-corrected chi connectivity index (χ4v) is 2.83. The summed E-state index contributed by atoms with van der Waals surface area (Å²) >= 11 is 0. The zero-order valence-electron chi connectivity index (χ0n) is 10.3. The molecule has 0 radical (unpaired) electrons. The Kier molecular flexibility index (Phi) is 5.24. The Morgan fingerprint density at radius 2 is 2.22 bits per heavy atom. The normalized spacial score (nSPS) is 15.2. The van der Waals surface area contributed by atoms with Crippen molar-refractivity contribution < 1.29 is 12.6 Å². The van der Waals surface area contributed by atoms with Gasteiger partial charge >= 0.3 is 0 Å². The van der Waals surface area contributed by atoms with Gasteiger partial charge in [0, 0.05) is 41.2 Å². The standard InChI is InChI=1S/C10H17N3O3S2/c1-8(17(2)14)3-6-13-18(15,16)10-7-12-5-4-9(10)11/h4-5,7-8,13H,3,6H2,1-2H3,(H2,11,12). The van der Waals surface area contributed by atoms with Crippen LogP contribution < -0.4 is 10.5 Å². The molecule has 0 aliphatic heterocycles. The molecule has 1 aromatic rings. The number of nitrogens with zero attached hydrogens (tertiary/aromatic N) is 1. The summed E-state index contributed by atoms with van der Waals surface area (Å²) in [6.07, 6.45) is 4.73. The molecule has 0 spiro atoms. The average Bonchev–Trinajstić information content (AvgIpc) is 2.28. The van der Waals surface area contributed by atoms with Crippen LogP contribution in [0.25, 0.3) is 0 Å². The molecule has 102 valence electrons.